The van der Waals surface area contributed by atoms with Gasteiger partial charge in [-0.15, -0.1) is 0 Å². The second kappa shape index (κ2) is 10.6. The summed E-state index contributed by atoms with van der Waals surface area (Å²) in [5, 5.41) is 2.75. The van der Waals surface area contributed by atoms with E-state index >= 15 is 0 Å². The van der Waals surface area contributed by atoms with Gasteiger partial charge in [0.2, 0.25) is 0 Å². The van der Waals surface area contributed by atoms with Crippen LogP contribution in [0.15, 0.2) is 78.9 Å². The van der Waals surface area contributed by atoms with Gasteiger partial charge < -0.3 is 19.5 Å². The number of ether oxygens (including phenoxy) is 3. The lowest BCUT2D eigenvalue weighted by molar-refractivity contribution is 0.00408. The van der Waals surface area contributed by atoms with E-state index in [1.54, 1.807) is 12.1 Å². The van der Waals surface area contributed by atoms with Gasteiger partial charge in [0.05, 0.1) is 13.2 Å². The van der Waals surface area contributed by atoms with Crippen molar-refractivity contribution in [2.75, 3.05) is 33.0 Å². The normalized spacial score (nSPS) is 14.1. The molecule has 0 saturated carbocycles. The van der Waals surface area contributed by atoms with E-state index in [1.807, 2.05) is 66.7 Å². The molecular formula is C25H26N2O4. The first-order valence-electron chi connectivity index (χ1n) is 10.4. The van der Waals surface area contributed by atoms with Crippen LogP contribution in [0.3, 0.4) is 0 Å². The summed E-state index contributed by atoms with van der Waals surface area (Å²) in [7, 11) is 0. The first kappa shape index (κ1) is 20.9. The van der Waals surface area contributed by atoms with Crippen molar-refractivity contribution in [3.8, 4) is 22.6 Å². The van der Waals surface area contributed by atoms with Crippen LogP contribution in [-0.4, -0.2) is 44.0 Å². The highest BCUT2D eigenvalue weighted by molar-refractivity contribution is 5.71. The minimum atomic E-state index is -0.474. The molecule has 0 aliphatic carbocycles. The molecule has 6 heteroatoms. The lowest BCUT2D eigenvalue weighted by atomic mass is 10.1. The molecule has 4 rings (SSSR count). The molecule has 0 atom stereocenters. The summed E-state index contributed by atoms with van der Waals surface area (Å²) in [6.07, 6.45) is -0.474. The average molecular weight is 418 g/mol. The summed E-state index contributed by atoms with van der Waals surface area (Å²) >= 11 is 0. The Morgan fingerprint density at radius 3 is 2.10 bits per heavy atom. The molecular weight excluding hydrogens is 392 g/mol. The summed E-state index contributed by atoms with van der Waals surface area (Å²) in [6.45, 7) is 4.32. The SMILES string of the molecule is O=C(NCc1ccccc1)Oc1ccc(-c2ccc(OCN3CCOCC3)cc2)cc1. The zero-order valence-electron chi connectivity index (χ0n) is 17.3. The largest absolute Gasteiger partial charge is 0.478 e. The Bertz CT molecular complexity index is 953. The van der Waals surface area contributed by atoms with Crippen molar-refractivity contribution in [3.05, 3.63) is 84.4 Å². The summed E-state index contributed by atoms with van der Waals surface area (Å²) in [5.74, 6) is 1.34. The fourth-order valence-electron chi connectivity index (χ4n) is 3.27. The molecule has 160 valence electrons. The fourth-order valence-corrected chi connectivity index (χ4v) is 3.27. The predicted molar refractivity (Wildman–Crippen MR) is 119 cm³/mol. The number of nitrogens with zero attached hydrogens (tertiary/aromatic N) is 1. The number of amides is 1. The van der Waals surface area contributed by atoms with Gasteiger partial charge in [0.15, 0.2) is 0 Å². The lowest BCUT2D eigenvalue weighted by Gasteiger charge is -2.26. The number of carbonyl (C=O) groups excluding carboxylic acids is 1. The van der Waals surface area contributed by atoms with Crippen molar-refractivity contribution >= 4 is 6.09 Å². The third-order valence-electron chi connectivity index (χ3n) is 5.05. The zero-order chi connectivity index (χ0) is 21.3. The van der Waals surface area contributed by atoms with E-state index in [0.29, 0.717) is 19.0 Å². The smallest absolute Gasteiger partial charge is 0.412 e. The second-order valence-corrected chi connectivity index (χ2v) is 7.28. The maximum absolute atomic E-state index is 12.0. The number of morpholine rings is 1. The van der Waals surface area contributed by atoms with E-state index in [-0.39, 0.29) is 0 Å². The summed E-state index contributed by atoms with van der Waals surface area (Å²) < 4.78 is 16.6. The van der Waals surface area contributed by atoms with Crippen molar-refractivity contribution in [2.24, 2.45) is 0 Å². The number of carbonyl (C=O) groups is 1. The van der Waals surface area contributed by atoms with Gasteiger partial charge >= 0.3 is 6.09 Å². The summed E-state index contributed by atoms with van der Waals surface area (Å²) in [4.78, 5) is 14.2. The molecule has 0 bridgehead atoms. The second-order valence-electron chi connectivity index (χ2n) is 7.28. The van der Waals surface area contributed by atoms with Crippen LogP contribution in [-0.2, 0) is 11.3 Å². The first-order valence-corrected chi connectivity index (χ1v) is 10.4. The average Bonchev–Trinajstić information content (AvgIpc) is 2.84. The number of hydrogen-bond acceptors (Lipinski definition) is 5. The highest BCUT2D eigenvalue weighted by atomic mass is 16.6. The molecule has 1 N–H and O–H groups in total. The minimum Gasteiger partial charge on any atom is -0.478 e. The lowest BCUT2D eigenvalue weighted by Crippen LogP contribution is -2.38. The molecule has 31 heavy (non-hydrogen) atoms. The Balaban J connectivity index is 1.26. The maximum atomic E-state index is 12.0. The third-order valence-corrected chi connectivity index (χ3v) is 5.05. The molecule has 1 amide bonds. The van der Waals surface area contributed by atoms with Crippen LogP contribution < -0.4 is 14.8 Å². The monoisotopic (exact) mass is 418 g/mol. The van der Waals surface area contributed by atoms with Crippen LogP contribution in [0.2, 0.25) is 0 Å². The highest BCUT2D eigenvalue weighted by Crippen LogP contribution is 2.25. The highest BCUT2D eigenvalue weighted by Gasteiger charge is 2.10. The van der Waals surface area contributed by atoms with Gasteiger partial charge in [-0.1, -0.05) is 54.6 Å². The van der Waals surface area contributed by atoms with E-state index < -0.39 is 6.09 Å². The molecule has 0 aromatic heterocycles. The number of hydrogen-bond donors (Lipinski definition) is 1. The molecule has 1 aliphatic heterocycles. The molecule has 6 nitrogen and oxygen atoms in total. The summed E-state index contributed by atoms with van der Waals surface area (Å²) in [6, 6.07) is 25.2. The van der Waals surface area contributed by atoms with Gasteiger partial charge in [0, 0.05) is 19.6 Å². The van der Waals surface area contributed by atoms with Crippen molar-refractivity contribution in [1.29, 1.82) is 0 Å². The van der Waals surface area contributed by atoms with E-state index in [9.17, 15) is 4.79 Å². The quantitative estimate of drug-likeness (QED) is 0.620. The molecule has 1 saturated heterocycles. The number of benzene rings is 3. The third kappa shape index (κ3) is 6.31. The molecule has 1 heterocycles. The van der Waals surface area contributed by atoms with Crippen molar-refractivity contribution in [2.45, 2.75) is 6.54 Å². The van der Waals surface area contributed by atoms with Gasteiger partial charge in [-0.3, -0.25) is 4.90 Å². The maximum Gasteiger partial charge on any atom is 0.412 e. The standard InChI is InChI=1S/C25H26N2O4/c28-25(26-18-20-4-2-1-3-5-20)31-24-12-8-22(9-13-24)21-6-10-23(11-7-21)30-19-27-14-16-29-17-15-27/h1-13H,14-19H2,(H,26,28). The molecule has 3 aromatic carbocycles. The van der Waals surface area contributed by atoms with Crippen molar-refractivity contribution < 1.29 is 19.0 Å². The Labute approximate surface area is 182 Å². The van der Waals surface area contributed by atoms with Crippen LogP contribution in [0.1, 0.15) is 5.56 Å². The molecule has 1 fully saturated rings. The van der Waals surface area contributed by atoms with Gasteiger partial charge in [-0.05, 0) is 41.0 Å². The van der Waals surface area contributed by atoms with E-state index in [0.717, 1.165) is 48.7 Å². The first-order chi connectivity index (χ1) is 15.3. The van der Waals surface area contributed by atoms with Crippen molar-refractivity contribution in [3.63, 3.8) is 0 Å². The number of rotatable bonds is 7. The van der Waals surface area contributed by atoms with E-state index in [1.165, 1.54) is 0 Å². The Hall–Kier alpha value is -3.35. The van der Waals surface area contributed by atoms with Crippen LogP contribution in [0.5, 0.6) is 11.5 Å². The Morgan fingerprint density at radius 2 is 1.45 bits per heavy atom. The zero-order valence-corrected chi connectivity index (χ0v) is 17.3. The van der Waals surface area contributed by atoms with Crippen LogP contribution >= 0.6 is 0 Å². The van der Waals surface area contributed by atoms with Crippen LogP contribution in [0.4, 0.5) is 4.79 Å². The van der Waals surface area contributed by atoms with E-state index in [2.05, 4.69) is 10.2 Å². The fraction of sp³-hybridized carbons (Fsp3) is 0.240. The predicted octanol–water partition coefficient (Wildman–Crippen LogP) is 4.31. The van der Waals surface area contributed by atoms with Gasteiger partial charge in [-0.2, -0.15) is 0 Å². The van der Waals surface area contributed by atoms with Gasteiger partial charge in [0.25, 0.3) is 0 Å². The van der Waals surface area contributed by atoms with Crippen LogP contribution in [0, 0.1) is 0 Å². The van der Waals surface area contributed by atoms with Crippen LogP contribution in [0.25, 0.3) is 11.1 Å². The minimum absolute atomic E-state index is 0.428. The molecule has 3 aromatic rings. The molecule has 0 spiro atoms. The van der Waals surface area contributed by atoms with Gasteiger partial charge in [-0.25, -0.2) is 4.79 Å². The van der Waals surface area contributed by atoms with Crippen molar-refractivity contribution in [1.82, 2.24) is 10.2 Å². The Kier molecular flexibility index (Phi) is 7.16. The van der Waals surface area contributed by atoms with Gasteiger partial charge in [0.1, 0.15) is 18.2 Å². The molecule has 0 radical (unpaired) electrons. The summed E-state index contributed by atoms with van der Waals surface area (Å²) in [5.41, 5.74) is 3.13. The Morgan fingerprint density at radius 1 is 0.839 bits per heavy atom. The molecule has 1 aliphatic rings. The topological polar surface area (TPSA) is 60.0 Å². The molecule has 0 unspecified atom stereocenters. The number of nitrogens with one attached hydrogen (secondary N) is 1. The van der Waals surface area contributed by atoms with E-state index in [4.69, 9.17) is 14.2 Å².